The average Bonchev–Trinajstić information content (AvgIpc) is 3.12. The van der Waals surface area contributed by atoms with E-state index in [0.29, 0.717) is 21.0 Å². The third kappa shape index (κ3) is 2.81. The minimum absolute atomic E-state index is 0.122. The molecule has 2 atom stereocenters. The average molecular weight is 388 g/mol. The van der Waals surface area contributed by atoms with Gasteiger partial charge in [0.15, 0.2) is 5.17 Å². The maximum Gasteiger partial charge on any atom is 0.264 e. The van der Waals surface area contributed by atoms with E-state index in [9.17, 15) is 4.79 Å². The lowest BCUT2D eigenvalue weighted by Crippen LogP contribution is -2.32. The van der Waals surface area contributed by atoms with Gasteiger partial charge in [0.05, 0.1) is 4.91 Å². The molecule has 2 bridgehead atoms. The van der Waals surface area contributed by atoms with Gasteiger partial charge in [0.25, 0.3) is 5.91 Å². The molecule has 1 aromatic carbocycles. The Labute approximate surface area is 163 Å². The first kappa shape index (κ1) is 17.8. The van der Waals surface area contributed by atoms with E-state index >= 15 is 0 Å². The van der Waals surface area contributed by atoms with Gasteiger partial charge >= 0.3 is 0 Å². The lowest BCUT2D eigenvalue weighted by atomic mass is 9.70. The van der Waals surface area contributed by atoms with Gasteiger partial charge in [0.2, 0.25) is 0 Å². The minimum Gasteiger partial charge on any atom is -0.299 e. The monoisotopic (exact) mass is 387 g/mol. The van der Waals surface area contributed by atoms with Crippen LogP contribution in [-0.2, 0) is 4.79 Å². The largest absolute Gasteiger partial charge is 0.299 e. The molecule has 1 N–H and O–H groups in total. The quantitative estimate of drug-likeness (QED) is 0.566. The Bertz CT molecular complexity index is 856. The van der Waals surface area contributed by atoms with Crippen LogP contribution in [0.3, 0.4) is 0 Å². The molecule has 3 aliphatic rings. The number of carbonyl (C=O) groups excluding carboxylic acids is 1. The molecule has 2 aliphatic carbocycles. The van der Waals surface area contributed by atoms with Crippen LogP contribution in [0.2, 0.25) is 5.02 Å². The maximum atomic E-state index is 12.2. The van der Waals surface area contributed by atoms with Crippen molar-refractivity contribution in [3.63, 3.8) is 0 Å². The second-order valence-electron chi connectivity index (χ2n) is 8.06. The summed E-state index contributed by atoms with van der Waals surface area (Å²) >= 11 is 7.23. The second-order valence-corrected chi connectivity index (χ2v) is 9.53. The van der Waals surface area contributed by atoms with Crippen LogP contribution in [0.1, 0.15) is 45.6 Å². The number of nitrogens with one attached hydrogen (secondary N) is 1. The molecule has 26 heavy (non-hydrogen) atoms. The first-order chi connectivity index (χ1) is 12.3. The molecule has 0 aromatic heterocycles. The second kappa shape index (κ2) is 6.24. The highest BCUT2D eigenvalue weighted by Crippen LogP contribution is 2.64. The number of hydrogen-bond acceptors (Lipinski definition) is 4. The fourth-order valence-corrected chi connectivity index (χ4v) is 5.27. The highest BCUT2D eigenvalue weighted by Gasteiger charge is 2.60. The number of fused-ring (bicyclic) bond motifs is 2. The van der Waals surface area contributed by atoms with Crippen molar-refractivity contribution in [2.24, 2.45) is 27.0 Å². The lowest BCUT2D eigenvalue weighted by molar-refractivity contribution is -0.115. The predicted octanol–water partition coefficient (Wildman–Crippen LogP) is 5.10. The molecule has 2 saturated carbocycles. The zero-order valence-electron chi connectivity index (χ0n) is 15.2. The van der Waals surface area contributed by atoms with Gasteiger partial charge in [-0.2, -0.15) is 5.10 Å². The summed E-state index contributed by atoms with van der Waals surface area (Å²) in [5.41, 5.74) is 2.51. The van der Waals surface area contributed by atoms with Crippen LogP contribution in [0.4, 0.5) is 0 Å². The molecular formula is C20H22ClN3OS. The molecule has 136 valence electrons. The van der Waals surface area contributed by atoms with Crippen LogP contribution in [0.25, 0.3) is 6.08 Å². The zero-order valence-corrected chi connectivity index (χ0v) is 16.7. The number of halogens is 1. The third-order valence-corrected chi connectivity index (χ3v) is 7.74. The van der Waals surface area contributed by atoms with Crippen molar-refractivity contribution in [1.82, 2.24) is 5.32 Å². The zero-order chi connectivity index (χ0) is 18.5. The van der Waals surface area contributed by atoms with E-state index in [1.807, 2.05) is 30.3 Å². The Morgan fingerprint density at radius 2 is 1.96 bits per heavy atom. The minimum atomic E-state index is -0.136. The highest BCUT2D eigenvalue weighted by molar-refractivity contribution is 8.18. The number of thioether (sulfide) groups is 1. The molecule has 0 radical (unpaired) electrons. The number of rotatable bonds is 2. The fourth-order valence-electron chi connectivity index (χ4n) is 4.37. The van der Waals surface area contributed by atoms with Crippen LogP contribution in [0, 0.1) is 16.7 Å². The normalized spacial score (nSPS) is 34.2. The van der Waals surface area contributed by atoms with Gasteiger partial charge in [-0.25, -0.2) is 0 Å². The summed E-state index contributed by atoms with van der Waals surface area (Å²) < 4.78 is 0. The summed E-state index contributed by atoms with van der Waals surface area (Å²) in [6, 6.07) is 7.39. The summed E-state index contributed by atoms with van der Waals surface area (Å²) in [6.45, 7) is 7.00. The first-order valence-electron chi connectivity index (χ1n) is 8.91. The van der Waals surface area contributed by atoms with Crippen LogP contribution in [-0.4, -0.2) is 16.8 Å². The Hall–Kier alpha value is -1.59. The molecule has 4 nitrogen and oxygen atoms in total. The molecule has 4 rings (SSSR count). The molecule has 0 spiro atoms. The van der Waals surface area contributed by atoms with E-state index in [1.54, 1.807) is 0 Å². The lowest BCUT2D eigenvalue weighted by Gasteiger charge is -2.34. The topological polar surface area (TPSA) is 53.8 Å². The molecule has 6 heteroatoms. The molecule has 1 saturated heterocycles. The van der Waals surface area contributed by atoms with Crippen molar-refractivity contribution in [1.29, 1.82) is 0 Å². The SMILES string of the molecule is CC1(C)[C@H]2CC[C@]1(C)C(=NN=C1NC(=O)/C(=C\c3ccc(Cl)cc3)S1)C2. The molecule has 3 fully saturated rings. The van der Waals surface area contributed by atoms with Crippen molar-refractivity contribution in [3.05, 3.63) is 39.8 Å². The Kier molecular flexibility index (Phi) is 4.27. The van der Waals surface area contributed by atoms with Gasteiger partial charge in [-0.05, 0) is 66.1 Å². The van der Waals surface area contributed by atoms with Crippen molar-refractivity contribution in [3.8, 4) is 0 Å². The van der Waals surface area contributed by atoms with Crippen molar-refractivity contribution < 1.29 is 4.79 Å². The third-order valence-electron chi connectivity index (χ3n) is 6.59. The number of amides is 1. The maximum absolute atomic E-state index is 12.2. The predicted molar refractivity (Wildman–Crippen MR) is 109 cm³/mol. The molecular weight excluding hydrogens is 366 g/mol. The van der Waals surface area contributed by atoms with E-state index in [4.69, 9.17) is 11.6 Å². The number of hydrogen-bond donors (Lipinski definition) is 1. The van der Waals surface area contributed by atoms with Crippen LogP contribution in [0.5, 0.6) is 0 Å². The van der Waals surface area contributed by atoms with Gasteiger partial charge in [-0.1, -0.05) is 44.5 Å². The van der Waals surface area contributed by atoms with Gasteiger partial charge in [-0.15, -0.1) is 5.10 Å². The molecule has 1 aliphatic heterocycles. The van der Waals surface area contributed by atoms with E-state index in [2.05, 4.69) is 36.3 Å². The van der Waals surface area contributed by atoms with E-state index < -0.39 is 0 Å². The van der Waals surface area contributed by atoms with E-state index in [-0.39, 0.29) is 16.7 Å². The first-order valence-corrected chi connectivity index (χ1v) is 10.1. The summed E-state index contributed by atoms with van der Waals surface area (Å²) in [6.07, 6.45) is 5.31. The van der Waals surface area contributed by atoms with Crippen molar-refractivity contribution in [2.45, 2.75) is 40.0 Å². The number of benzene rings is 1. The number of nitrogens with zero attached hydrogens (tertiary/aromatic N) is 2. The molecule has 0 unspecified atom stereocenters. The summed E-state index contributed by atoms with van der Waals surface area (Å²) in [4.78, 5) is 12.8. The summed E-state index contributed by atoms with van der Waals surface area (Å²) in [5.74, 6) is 0.556. The Morgan fingerprint density at radius 1 is 1.23 bits per heavy atom. The Morgan fingerprint density at radius 3 is 2.58 bits per heavy atom. The van der Waals surface area contributed by atoms with Gasteiger partial charge in [0, 0.05) is 16.1 Å². The fraction of sp³-hybridized carbons (Fsp3) is 0.450. The molecule has 1 amide bonds. The highest BCUT2D eigenvalue weighted by atomic mass is 35.5. The summed E-state index contributed by atoms with van der Waals surface area (Å²) in [7, 11) is 0. The van der Waals surface area contributed by atoms with Crippen LogP contribution in [0.15, 0.2) is 39.4 Å². The smallest absolute Gasteiger partial charge is 0.264 e. The van der Waals surface area contributed by atoms with Crippen LogP contribution >= 0.6 is 23.4 Å². The summed E-state index contributed by atoms with van der Waals surface area (Å²) in [5, 5.41) is 13.0. The van der Waals surface area contributed by atoms with Gasteiger partial charge in [0.1, 0.15) is 0 Å². The number of carbonyl (C=O) groups is 1. The molecule has 1 aromatic rings. The van der Waals surface area contributed by atoms with Crippen molar-refractivity contribution >= 4 is 46.2 Å². The van der Waals surface area contributed by atoms with E-state index in [1.165, 1.54) is 30.3 Å². The van der Waals surface area contributed by atoms with Crippen molar-refractivity contribution in [2.75, 3.05) is 0 Å². The van der Waals surface area contributed by atoms with Crippen LogP contribution < -0.4 is 5.32 Å². The number of amidine groups is 1. The molecule has 1 heterocycles. The standard InChI is InChI=1S/C20H22ClN3OS/c1-19(2)13-8-9-20(19,3)16(11-13)23-24-18-22-17(25)15(26-18)10-12-4-6-14(21)7-5-12/h4-7,10,13H,8-9,11H2,1-3H3,(H,22,24,25)/b15-10+,23-16?/t13-,20+/m0/s1. The van der Waals surface area contributed by atoms with Gasteiger partial charge in [-0.3, -0.25) is 10.1 Å². The van der Waals surface area contributed by atoms with Gasteiger partial charge < -0.3 is 0 Å². The van der Waals surface area contributed by atoms with E-state index in [0.717, 1.165) is 12.0 Å². The Balaban J connectivity index is 1.53.